The number of anilines is 1. The summed E-state index contributed by atoms with van der Waals surface area (Å²) in [5, 5.41) is 2.54. The van der Waals surface area contributed by atoms with Crippen molar-refractivity contribution in [3.05, 3.63) is 52.0 Å². The number of hydrogen-bond donors (Lipinski definition) is 1. The summed E-state index contributed by atoms with van der Waals surface area (Å²) in [5.74, 6) is -1.17. The molecule has 2 rings (SSSR count). The fourth-order valence-electron chi connectivity index (χ4n) is 1.21. The monoisotopic (exact) mass is 285 g/mol. The van der Waals surface area contributed by atoms with Crippen LogP contribution in [0.5, 0.6) is 0 Å². The van der Waals surface area contributed by atoms with Crippen molar-refractivity contribution in [1.29, 1.82) is 0 Å². The number of benzene rings is 1. The Morgan fingerprint density at radius 2 is 2.06 bits per heavy atom. The number of amides is 1. The molecule has 0 aliphatic heterocycles. The van der Waals surface area contributed by atoms with Crippen molar-refractivity contribution in [3.8, 4) is 0 Å². The lowest BCUT2D eigenvalue weighted by atomic mass is 10.2. The van der Waals surface area contributed by atoms with Crippen molar-refractivity contribution in [1.82, 2.24) is 9.97 Å². The fraction of sp³-hybridized carbons (Fsp3) is 0. The lowest BCUT2D eigenvalue weighted by Crippen LogP contribution is -2.14. The molecule has 0 spiro atoms. The molecule has 0 saturated heterocycles. The van der Waals surface area contributed by atoms with E-state index >= 15 is 0 Å². The van der Waals surface area contributed by atoms with Crippen LogP contribution in [0, 0.1) is 5.82 Å². The third-order valence-electron chi connectivity index (χ3n) is 2.03. The number of rotatable bonds is 2. The Morgan fingerprint density at radius 1 is 1.28 bits per heavy atom. The van der Waals surface area contributed by atoms with E-state index in [2.05, 4.69) is 15.3 Å². The molecule has 0 bridgehead atoms. The summed E-state index contributed by atoms with van der Waals surface area (Å²) in [4.78, 5) is 19.3. The van der Waals surface area contributed by atoms with Gasteiger partial charge in [-0.05, 0) is 24.3 Å². The van der Waals surface area contributed by atoms with Crippen molar-refractivity contribution in [2.45, 2.75) is 0 Å². The Balaban J connectivity index is 2.19. The highest BCUT2D eigenvalue weighted by atomic mass is 35.5. The van der Waals surface area contributed by atoms with Gasteiger partial charge < -0.3 is 0 Å². The molecule has 0 unspecified atom stereocenters. The van der Waals surface area contributed by atoms with Gasteiger partial charge in [-0.3, -0.25) is 10.1 Å². The largest absolute Gasteiger partial charge is 0.290 e. The number of nitrogens with one attached hydrogen (secondary N) is 1. The SMILES string of the molecule is O=C(Nc1nccc(Cl)n1)c1ccc(Cl)c(F)c1. The van der Waals surface area contributed by atoms with Crippen LogP contribution in [0.4, 0.5) is 10.3 Å². The van der Waals surface area contributed by atoms with E-state index in [4.69, 9.17) is 23.2 Å². The van der Waals surface area contributed by atoms with Crippen molar-refractivity contribution in [2.75, 3.05) is 5.32 Å². The number of nitrogens with zero attached hydrogens (tertiary/aromatic N) is 2. The topological polar surface area (TPSA) is 54.9 Å². The van der Waals surface area contributed by atoms with Crippen LogP contribution in [0.3, 0.4) is 0 Å². The standard InChI is InChI=1S/C11H6Cl2FN3O/c12-7-2-1-6(5-8(7)14)10(18)17-11-15-4-3-9(13)16-11/h1-5H,(H,15,16,17,18). The highest BCUT2D eigenvalue weighted by molar-refractivity contribution is 6.31. The second kappa shape index (κ2) is 5.29. The highest BCUT2D eigenvalue weighted by Crippen LogP contribution is 2.16. The number of carbonyl (C=O) groups excluding carboxylic acids is 1. The van der Waals surface area contributed by atoms with Gasteiger partial charge in [0.2, 0.25) is 5.95 Å². The molecule has 18 heavy (non-hydrogen) atoms. The first kappa shape index (κ1) is 12.7. The van der Waals surface area contributed by atoms with Crippen LogP contribution in [-0.2, 0) is 0 Å². The lowest BCUT2D eigenvalue weighted by Gasteiger charge is -2.04. The summed E-state index contributed by atoms with van der Waals surface area (Å²) in [6.07, 6.45) is 1.40. The molecule has 1 aromatic carbocycles. The van der Waals surface area contributed by atoms with Gasteiger partial charge in [0.05, 0.1) is 5.02 Å². The van der Waals surface area contributed by atoms with Crippen LogP contribution in [0.1, 0.15) is 10.4 Å². The minimum Gasteiger partial charge on any atom is -0.290 e. The maximum absolute atomic E-state index is 13.2. The zero-order chi connectivity index (χ0) is 13.1. The van der Waals surface area contributed by atoms with E-state index in [1.54, 1.807) is 0 Å². The Hall–Kier alpha value is -1.72. The third-order valence-corrected chi connectivity index (χ3v) is 2.55. The van der Waals surface area contributed by atoms with Gasteiger partial charge in [0.15, 0.2) is 0 Å². The summed E-state index contributed by atoms with van der Waals surface area (Å²) < 4.78 is 13.2. The van der Waals surface area contributed by atoms with Gasteiger partial charge in [-0.15, -0.1) is 0 Å². The molecule has 2 aromatic rings. The first-order valence-corrected chi connectivity index (χ1v) is 5.57. The van der Waals surface area contributed by atoms with Crippen molar-refractivity contribution in [2.24, 2.45) is 0 Å². The molecule has 0 atom stereocenters. The second-order valence-electron chi connectivity index (χ2n) is 3.29. The smallest absolute Gasteiger partial charge is 0.258 e. The van der Waals surface area contributed by atoms with Gasteiger partial charge >= 0.3 is 0 Å². The van der Waals surface area contributed by atoms with E-state index in [1.807, 2.05) is 0 Å². The summed E-state index contributed by atoms with van der Waals surface area (Å²) >= 11 is 11.2. The Labute approximate surface area is 112 Å². The predicted molar refractivity (Wildman–Crippen MR) is 66.4 cm³/mol. The average Bonchev–Trinajstić information content (AvgIpc) is 2.32. The van der Waals surface area contributed by atoms with E-state index in [1.165, 1.54) is 24.4 Å². The molecular weight excluding hydrogens is 280 g/mol. The van der Waals surface area contributed by atoms with Gasteiger partial charge in [-0.2, -0.15) is 0 Å². The second-order valence-corrected chi connectivity index (χ2v) is 4.08. The first-order chi connectivity index (χ1) is 8.56. The van der Waals surface area contributed by atoms with Gasteiger partial charge in [0, 0.05) is 11.8 Å². The molecule has 0 fully saturated rings. The van der Waals surface area contributed by atoms with E-state index in [0.717, 1.165) is 6.07 Å². The molecule has 7 heteroatoms. The maximum Gasteiger partial charge on any atom is 0.258 e. The van der Waals surface area contributed by atoms with Gasteiger partial charge in [0.25, 0.3) is 5.91 Å². The number of hydrogen-bond acceptors (Lipinski definition) is 3. The summed E-state index contributed by atoms with van der Waals surface area (Å²) in [7, 11) is 0. The fourth-order valence-corrected chi connectivity index (χ4v) is 1.46. The van der Waals surface area contributed by atoms with E-state index in [0.29, 0.717) is 0 Å². The van der Waals surface area contributed by atoms with Crippen LogP contribution in [0.2, 0.25) is 10.2 Å². The molecule has 0 radical (unpaired) electrons. The third kappa shape index (κ3) is 2.94. The molecule has 1 amide bonds. The summed E-state index contributed by atoms with van der Waals surface area (Å²) in [6.45, 7) is 0. The average molecular weight is 286 g/mol. The molecule has 4 nitrogen and oxygen atoms in total. The summed E-state index contributed by atoms with van der Waals surface area (Å²) in [5.41, 5.74) is 0.112. The quantitative estimate of drug-likeness (QED) is 0.863. The molecule has 1 aromatic heterocycles. The van der Waals surface area contributed by atoms with Crippen LogP contribution in [0.15, 0.2) is 30.5 Å². The summed E-state index contributed by atoms with van der Waals surface area (Å²) in [6, 6.07) is 5.19. The zero-order valence-corrected chi connectivity index (χ0v) is 10.3. The molecule has 1 N–H and O–H groups in total. The highest BCUT2D eigenvalue weighted by Gasteiger charge is 2.10. The molecule has 1 heterocycles. The molecule has 0 aliphatic rings. The van der Waals surface area contributed by atoms with Gasteiger partial charge in [0.1, 0.15) is 11.0 Å². The zero-order valence-electron chi connectivity index (χ0n) is 8.82. The van der Waals surface area contributed by atoms with Crippen molar-refractivity contribution < 1.29 is 9.18 Å². The minimum atomic E-state index is -0.670. The van der Waals surface area contributed by atoms with E-state index in [-0.39, 0.29) is 21.7 Å². The molecule has 92 valence electrons. The maximum atomic E-state index is 13.2. The minimum absolute atomic E-state index is 0.0443. The van der Waals surface area contributed by atoms with Crippen LogP contribution >= 0.6 is 23.2 Å². The number of aromatic nitrogens is 2. The van der Waals surface area contributed by atoms with Crippen molar-refractivity contribution >= 4 is 35.1 Å². The number of halogens is 3. The lowest BCUT2D eigenvalue weighted by molar-refractivity contribution is 0.102. The Kier molecular flexibility index (Phi) is 3.74. The molecule has 0 aliphatic carbocycles. The van der Waals surface area contributed by atoms with Crippen LogP contribution in [0.25, 0.3) is 0 Å². The molecule has 0 saturated carbocycles. The first-order valence-electron chi connectivity index (χ1n) is 4.81. The normalized spacial score (nSPS) is 10.2. The molecular formula is C11H6Cl2FN3O. The van der Waals surface area contributed by atoms with Crippen LogP contribution < -0.4 is 5.32 Å². The Bertz CT molecular complexity index is 607. The van der Waals surface area contributed by atoms with E-state index < -0.39 is 11.7 Å². The Morgan fingerprint density at radius 3 is 2.72 bits per heavy atom. The van der Waals surface area contributed by atoms with Gasteiger partial charge in [-0.25, -0.2) is 14.4 Å². The predicted octanol–water partition coefficient (Wildman–Crippen LogP) is 3.17. The number of carbonyl (C=O) groups is 1. The van der Waals surface area contributed by atoms with Gasteiger partial charge in [-0.1, -0.05) is 23.2 Å². The van der Waals surface area contributed by atoms with Crippen LogP contribution in [-0.4, -0.2) is 15.9 Å². The van der Waals surface area contributed by atoms with Crippen molar-refractivity contribution in [3.63, 3.8) is 0 Å². The van der Waals surface area contributed by atoms with E-state index in [9.17, 15) is 9.18 Å².